The molecular formula is C10H11N5O2. The average molecular weight is 233 g/mol. The highest BCUT2D eigenvalue weighted by atomic mass is 16.6. The van der Waals surface area contributed by atoms with E-state index in [4.69, 9.17) is 0 Å². The average Bonchev–Trinajstić information content (AvgIpc) is 2.78. The number of aromatic amines is 1. The maximum Gasteiger partial charge on any atom is 0.292 e. The maximum atomic E-state index is 10.8. The van der Waals surface area contributed by atoms with E-state index >= 15 is 0 Å². The van der Waals surface area contributed by atoms with Crippen LogP contribution in [0.4, 0.5) is 11.4 Å². The SMILES string of the molecule is Cc1ccc([N+](=O)[O-])c(NCc2ncn[nH]2)c1. The molecule has 1 aromatic heterocycles. The number of hydrogen-bond acceptors (Lipinski definition) is 5. The zero-order valence-corrected chi connectivity index (χ0v) is 9.17. The topological polar surface area (TPSA) is 96.7 Å². The minimum Gasteiger partial charge on any atom is -0.372 e. The molecule has 0 saturated heterocycles. The van der Waals surface area contributed by atoms with Crippen LogP contribution in [-0.2, 0) is 6.54 Å². The lowest BCUT2D eigenvalue weighted by Crippen LogP contribution is -2.04. The Hall–Kier alpha value is -2.44. The van der Waals surface area contributed by atoms with E-state index in [-0.39, 0.29) is 5.69 Å². The molecule has 0 bridgehead atoms. The second-order valence-corrected chi connectivity index (χ2v) is 3.56. The first-order valence-corrected chi connectivity index (χ1v) is 5.00. The van der Waals surface area contributed by atoms with Gasteiger partial charge in [0.2, 0.25) is 0 Å². The molecule has 88 valence electrons. The summed E-state index contributed by atoms with van der Waals surface area (Å²) in [7, 11) is 0. The van der Waals surface area contributed by atoms with Gasteiger partial charge in [0.25, 0.3) is 5.69 Å². The molecule has 1 heterocycles. The highest BCUT2D eigenvalue weighted by Crippen LogP contribution is 2.25. The molecular weight excluding hydrogens is 222 g/mol. The van der Waals surface area contributed by atoms with Crippen molar-refractivity contribution in [1.29, 1.82) is 0 Å². The van der Waals surface area contributed by atoms with Gasteiger partial charge in [0.1, 0.15) is 17.8 Å². The fourth-order valence-electron chi connectivity index (χ4n) is 1.45. The van der Waals surface area contributed by atoms with E-state index in [9.17, 15) is 10.1 Å². The number of nitro benzene ring substituents is 1. The summed E-state index contributed by atoms with van der Waals surface area (Å²) in [5.41, 5.74) is 1.48. The van der Waals surface area contributed by atoms with Gasteiger partial charge in [-0.05, 0) is 18.6 Å². The summed E-state index contributed by atoms with van der Waals surface area (Å²) in [6.45, 7) is 2.24. The third-order valence-electron chi connectivity index (χ3n) is 2.26. The Morgan fingerprint density at radius 1 is 1.53 bits per heavy atom. The molecule has 2 N–H and O–H groups in total. The van der Waals surface area contributed by atoms with Crippen molar-refractivity contribution in [3.8, 4) is 0 Å². The summed E-state index contributed by atoms with van der Waals surface area (Å²) in [5, 5.41) is 20.2. The number of hydrogen-bond donors (Lipinski definition) is 2. The molecule has 2 aromatic rings. The van der Waals surface area contributed by atoms with Gasteiger partial charge >= 0.3 is 0 Å². The molecule has 7 heteroatoms. The van der Waals surface area contributed by atoms with E-state index in [0.29, 0.717) is 18.1 Å². The van der Waals surface area contributed by atoms with Crippen molar-refractivity contribution in [1.82, 2.24) is 15.2 Å². The smallest absolute Gasteiger partial charge is 0.292 e. The molecule has 7 nitrogen and oxygen atoms in total. The Kier molecular flexibility index (Phi) is 2.99. The molecule has 0 aliphatic carbocycles. The molecule has 1 aromatic carbocycles. The van der Waals surface area contributed by atoms with Gasteiger partial charge in [-0.2, -0.15) is 5.10 Å². The fraction of sp³-hybridized carbons (Fsp3) is 0.200. The van der Waals surface area contributed by atoms with Crippen molar-refractivity contribution in [3.05, 3.63) is 46.0 Å². The number of anilines is 1. The molecule has 0 spiro atoms. The van der Waals surface area contributed by atoms with Crippen LogP contribution in [0, 0.1) is 17.0 Å². The van der Waals surface area contributed by atoms with Crippen LogP contribution >= 0.6 is 0 Å². The summed E-state index contributed by atoms with van der Waals surface area (Å²) in [6, 6.07) is 4.92. The Balaban J connectivity index is 2.19. The third-order valence-corrected chi connectivity index (χ3v) is 2.26. The number of nitrogens with one attached hydrogen (secondary N) is 2. The molecule has 0 radical (unpaired) electrons. The third kappa shape index (κ3) is 2.57. The van der Waals surface area contributed by atoms with Gasteiger partial charge in [-0.25, -0.2) is 4.98 Å². The van der Waals surface area contributed by atoms with Crippen LogP contribution in [0.5, 0.6) is 0 Å². The van der Waals surface area contributed by atoms with Crippen LogP contribution in [0.2, 0.25) is 0 Å². The van der Waals surface area contributed by atoms with E-state index < -0.39 is 4.92 Å². The normalized spacial score (nSPS) is 10.2. The number of nitrogens with zero attached hydrogens (tertiary/aromatic N) is 3. The molecule has 0 unspecified atom stereocenters. The van der Waals surface area contributed by atoms with Crippen LogP contribution in [-0.4, -0.2) is 20.1 Å². The lowest BCUT2D eigenvalue weighted by atomic mass is 10.2. The zero-order valence-electron chi connectivity index (χ0n) is 9.17. The van der Waals surface area contributed by atoms with Crippen molar-refractivity contribution < 1.29 is 4.92 Å². The van der Waals surface area contributed by atoms with Gasteiger partial charge in [-0.15, -0.1) is 0 Å². The van der Waals surface area contributed by atoms with Gasteiger partial charge in [0.05, 0.1) is 11.5 Å². The first-order chi connectivity index (χ1) is 8.16. The maximum absolute atomic E-state index is 10.8. The van der Waals surface area contributed by atoms with Crippen molar-refractivity contribution in [2.75, 3.05) is 5.32 Å². The van der Waals surface area contributed by atoms with Gasteiger partial charge in [0, 0.05) is 6.07 Å². The number of benzene rings is 1. The Bertz CT molecular complexity index is 523. The van der Waals surface area contributed by atoms with E-state index in [2.05, 4.69) is 20.5 Å². The molecule has 2 rings (SSSR count). The Labute approximate surface area is 97.0 Å². The predicted molar refractivity (Wildman–Crippen MR) is 61.5 cm³/mol. The lowest BCUT2D eigenvalue weighted by molar-refractivity contribution is -0.384. The minimum atomic E-state index is -0.415. The monoisotopic (exact) mass is 233 g/mol. The van der Waals surface area contributed by atoms with Crippen LogP contribution in [0.15, 0.2) is 24.5 Å². The number of nitro groups is 1. The fourth-order valence-corrected chi connectivity index (χ4v) is 1.45. The quantitative estimate of drug-likeness (QED) is 0.618. The number of H-pyrrole nitrogens is 1. The first-order valence-electron chi connectivity index (χ1n) is 5.00. The summed E-state index contributed by atoms with van der Waals surface area (Å²) < 4.78 is 0. The molecule has 0 atom stereocenters. The molecule has 0 aliphatic heterocycles. The Morgan fingerprint density at radius 3 is 3.00 bits per heavy atom. The van der Waals surface area contributed by atoms with E-state index in [1.54, 1.807) is 12.1 Å². The summed E-state index contributed by atoms with van der Waals surface area (Å²) >= 11 is 0. The molecule has 0 saturated carbocycles. The van der Waals surface area contributed by atoms with Crippen molar-refractivity contribution >= 4 is 11.4 Å². The second-order valence-electron chi connectivity index (χ2n) is 3.56. The van der Waals surface area contributed by atoms with Gasteiger partial charge in [0.15, 0.2) is 0 Å². The Morgan fingerprint density at radius 2 is 2.35 bits per heavy atom. The van der Waals surface area contributed by atoms with E-state index in [1.165, 1.54) is 12.4 Å². The highest BCUT2D eigenvalue weighted by molar-refractivity contribution is 5.62. The molecule has 0 fully saturated rings. The van der Waals surface area contributed by atoms with Crippen molar-refractivity contribution in [2.45, 2.75) is 13.5 Å². The number of aryl methyl sites for hydroxylation is 1. The number of aromatic nitrogens is 3. The lowest BCUT2D eigenvalue weighted by Gasteiger charge is -2.06. The summed E-state index contributed by atoms with van der Waals surface area (Å²) in [4.78, 5) is 14.3. The zero-order chi connectivity index (χ0) is 12.3. The first kappa shape index (κ1) is 11.1. The van der Waals surface area contributed by atoms with Gasteiger partial charge < -0.3 is 5.32 Å². The highest BCUT2D eigenvalue weighted by Gasteiger charge is 2.13. The van der Waals surface area contributed by atoms with Crippen molar-refractivity contribution in [2.24, 2.45) is 0 Å². The predicted octanol–water partition coefficient (Wildman–Crippen LogP) is 1.63. The van der Waals surface area contributed by atoms with Crippen LogP contribution < -0.4 is 5.32 Å². The number of rotatable bonds is 4. The van der Waals surface area contributed by atoms with E-state index in [1.807, 2.05) is 6.92 Å². The molecule has 0 amide bonds. The summed E-state index contributed by atoms with van der Waals surface area (Å²) in [5.74, 6) is 0.626. The molecule has 17 heavy (non-hydrogen) atoms. The van der Waals surface area contributed by atoms with Crippen LogP contribution in [0.3, 0.4) is 0 Å². The largest absolute Gasteiger partial charge is 0.372 e. The van der Waals surface area contributed by atoms with Gasteiger partial charge in [-0.1, -0.05) is 6.07 Å². The molecule has 0 aliphatic rings. The second kappa shape index (κ2) is 4.60. The van der Waals surface area contributed by atoms with E-state index in [0.717, 1.165) is 5.56 Å². The van der Waals surface area contributed by atoms with Gasteiger partial charge in [-0.3, -0.25) is 15.2 Å². The standard InChI is InChI=1S/C10H11N5O2/c1-7-2-3-9(15(16)17)8(4-7)11-5-10-12-6-13-14-10/h2-4,6,11H,5H2,1H3,(H,12,13,14). The minimum absolute atomic E-state index is 0.0510. The summed E-state index contributed by atoms with van der Waals surface area (Å²) in [6.07, 6.45) is 1.39. The van der Waals surface area contributed by atoms with Crippen LogP contribution in [0.25, 0.3) is 0 Å². The van der Waals surface area contributed by atoms with Crippen molar-refractivity contribution in [3.63, 3.8) is 0 Å². The van der Waals surface area contributed by atoms with Crippen LogP contribution in [0.1, 0.15) is 11.4 Å².